The number of halogens is 1. The van der Waals surface area contributed by atoms with Gasteiger partial charge in [-0.1, -0.05) is 35.0 Å². The van der Waals surface area contributed by atoms with Crippen molar-refractivity contribution in [2.45, 2.75) is 6.92 Å². The number of rotatable bonds is 4. The van der Waals surface area contributed by atoms with E-state index in [2.05, 4.69) is 10.5 Å². The highest BCUT2D eigenvalue weighted by molar-refractivity contribution is 7.14. The molecule has 122 valence electrons. The summed E-state index contributed by atoms with van der Waals surface area (Å²) < 4.78 is 5.17. The number of carbonyl (C=O) groups excluding carboxylic acids is 2. The zero-order valence-electron chi connectivity index (χ0n) is 12.5. The van der Waals surface area contributed by atoms with Gasteiger partial charge in [0.2, 0.25) is 0 Å². The number of thiophene rings is 1. The number of nitrogens with two attached hydrogens (primary N) is 1. The minimum atomic E-state index is -0.611. The van der Waals surface area contributed by atoms with E-state index in [1.807, 2.05) is 0 Å². The molecule has 2 aromatic heterocycles. The number of nitrogens with one attached hydrogen (secondary N) is 1. The van der Waals surface area contributed by atoms with E-state index in [1.165, 1.54) is 11.3 Å². The predicted molar refractivity (Wildman–Crippen MR) is 92.5 cm³/mol. The van der Waals surface area contributed by atoms with Crippen molar-refractivity contribution in [3.63, 3.8) is 0 Å². The van der Waals surface area contributed by atoms with Crippen LogP contribution in [0.15, 0.2) is 40.2 Å². The lowest BCUT2D eigenvalue weighted by Crippen LogP contribution is -2.17. The molecule has 0 saturated heterocycles. The first-order valence-electron chi connectivity index (χ1n) is 6.89. The second kappa shape index (κ2) is 6.46. The number of aryl methyl sites for hydroxylation is 1. The summed E-state index contributed by atoms with van der Waals surface area (Å²) in [6, 6.07) is 8.57. The molecule has 0 spiro atoms. The van der Waals surface area contributed by atoms with Crippen LogP contribution < -0.4 is 11.1 Å². The summed E-state index contributed by atoms with van der Waals surface area (Å²) in [5.41, 5.74) is 6.73. The Labute approximate surface area is 146 Å². The van der Waals surface area contributed by atoms with E-state index in [-0.39, 0.29) is 11.1 Å². The van der Waals surface area contributed by atoms with Gasteiger partial charge >= 0.3 is 0 Å². The topological polar surface area (TPSA) is 98.2 Å². The zero-order chi connectivity index (χ0) is 17.3. The predicted octanol–water partition coefficient (Wildman–Crippen LogP) is 3.72. The van der Waals surface area contributed by atoms with Gasteiger partial charge in [0.1, 0.15) is 22.0 Å². The summed E-state index contributed by atoms with van der Waals surface area (Å²) in [6.07, 6.45) is 0. The minimum Gasteiger partial charge on any atom is -0.366 e. The third kappa shape index (κ3) is 2.91. The number of hydrogen-bond donors (Lipinski definition) is 2. The molecule has 1 aromatic carbocycles. The lowest BCUT2D eigenvalue weighted by molar-refractivity contribution is 0.100. The molecule has 24 heavy (non-hydrogen) atoms. The third-order valence-corrected chi connectivity index (χ3v) is 4.54. The van der Waals surface area contributed by atoms with Crippen LogP contribution in [0.4, 0.5) is 5.00 Å². The van der Waals surface area contributed by atoms with E-state index in [1.54, 1.807) is 42.6 Å². The number of hydrogen-bond acceptors (Lipinski definition) is 5. The maximum Gasteiger partial charge on any atom is 0.262 e. The van der Waals surface area contributed by atoms with Crippen LogP contribution in [-0.4, -0.2) is 17.0 Å². The maximum absolute atomic E-state index is 12.7. The summed E-state index contributed by atoms with van der Waals surface area (Å²) in [7, 11) is 0. The molecule has 0 aliphatic rings. The van der Waals surface area contributed by atoms with Gasteiger partial charge < -0.3 is 15.6 Å². The number of benzene rings is 1. The molecule has 0 fully saturated rings. The second-order valence-electron chi connectivity index (χ2n) is 4.92. The first kappa shape index (κ1) is 16.2. The number of primary amides is 1. The SMILES string of the molecule is Cc1onc(-c2ccccc2Cl)c1C(=O)Nc1sccc1C(N)=O. The molecule has 2 heterocycles. The summed E-state index contributed by atoms with van der Waals surface area (Å²) in [4.78, 5) is 24.1. The highest BCUT2D eigenvalue weighted by atomic mass is 35.5. The van der Waals surface area contributed by atoms with E-state index in [0.29, 0.717) is 27.0 Å². The fraction of sp³-hybridized carbons (Fsp3) is 0.0625. The van der Waals surface area contributed by atoms with Crippen molar-refractivity contribution in [3.8, 4) is 11.3 Å². The van der Waals surface area contributed by atoms with Gasteiger partial charge in [0.25, 0.3) is 11.8 Å². The van der Waals surface area contributed by atoms with E-state index in [4.69, 9.17) is 21.9 Å². The van der Waals surface area contributed by atoms with Gasteiger partial charge in [-0.25, -0.2) is 0 Å². The third-order valence-electron chi connectivity index (χ3n) is 3.38. The quantitative estimate of drug-likeness (QED) is 0.739. The van der Waals surface area contributed by atoms with Crippen molar-refractivity contribution in [2.24, 2.45) is 5.73 Å². The second-order valence-corrected chi connectivity index (χ2v) is 6.25. The molecule has 0 atom stereocenters. The van der Waals surface area contributed by atoms with Gasteiger partial charge in [0.05, 0.1) is 10.6 Å². The lowest BCUT2D eigenvalue weighted by atomic mass is 10.1. The lowest BCUT2D eigenvalue weighted by Gasteiger charge is -2.06. The first-order chi connectivity index (χ1) is 11.5. The van der Waals surface area contributed by atoms with Crippen molar-refractivity contribution >= 4 is 39.8 Å². The highest BCUT2D eigenvalue weighted by Gasteiger charge is 2.24. The van der Waals surface area contributed by atoms with Gasteiger partial charge in [0, 0.05) is 5.56 Å². The Kier molecular flexibility index (Phi) is 4.37. The zero-order valence-corrected chi connectivity index (χ0v) is 14.1. The van der Waals surface area contributed by atoms with Crippen molar-refractivity contribution in [3.05, 3.63) is 57.6 Å². The minimum absolute atomic E-state index is 0.252. The van der Waals surface area contributed by atoms with E-state index >= 15 is 0 Å². The molecule has 0 aliphatic carbocycles. The van der Waals surface area contributed by atoms with Crippen LogP contribution in [-0.2, 0) is 0 Å². The molecule has 3 aromatic rings. The molecule has 8 heteroatoms. The van der Waals surface area contributed by atoms with E-state index in [9.17, 15) is 9.59 Å². The molecule has 0 unspecified atom stereocenters. The summed E-state index contributed by atoms with van der Waals surface area (Å²) in [5.74, 6) is -0.715. The monoisotopic (exact) mass is 361 g/mol. The fourth-order valence-corrected chi connectivity index (χ4v) is 3.26. The molecule has 0 saturated carbocycles. The number of aromatic nitrogens is 1. The average molecular weight is 362 g/mol. The average Bonchev–Trinajstić information content (AvgIpc) is 3.14. The molecule has 0 bridgehead atoms. The largest absolute Gasteiger partial charge is 0.366 e. The van der Waals surface area contributed by atoms with E-state index < -0.39 is 11.8 Å². The Hall–Kier alpha value is -2.64. The molecule has 2 amide bonds. The number of anilines is 1. The van der Waals surface area contributed by atoms with Crippen molar-refractivity contribution < 1.29 is 14.1 Å². The maximum atomic E-state index is 12.7. The number of nitrogens with zero attached hydrogens (tertiary/aromatic N) is 1. The Balaban J connectivity index is 2.00. The molecular formula is C16H12ClN3O3S. The molecule has 0 aliphatic heterocycles. The smallest absolute Gasteiger partial charge is 0.262 e. The summed E-state index contributed by atoms with van der Waals surface area (Å²) in [6.45, 7) is 1.63. The Bertz CT molecular complexity index is 932. The molecule has 3 rings (SSSR count). The standard InChI is InChI=1S/C16H12ClN3O3S/c1-8-12(13(20-23-8)9-4-2-3-5-11(9)17)15(22)19-16-10(14(18)21)6-7-24-16/h2-7H,1H3,(H2,18,21)(H,19,22). The fourth-order valence-electron chi connectivity index (χ4n) is 2.24. The van der Waals surface area contributed by atoms with Crippen molar-refractivity contribution in [2.75, 3.05) is 5.32 Å². The van der Waals surface area contributed by atoms with Gasteiger partial charge in [-0.3, -0.25) is 9.59 Å². The van der Waals surface area contributed by atoms with Gasteiger partial charge in [-0.05, 0) is 24.4 Å². The summed E-state index contributed by atoms with van der Waals surface area (Å²) >= 11 is 7.39. The Morgan fingerprint density at radius 1 is 1.29 bits per heavy atom. The molecule has 3 N–H and O–H groups in total. The van der Waals surface area contributed by atoms with Crippen molar-refractivity contribution in [1.82, 2.24) is 5.16 Å². The molecule has 0 radical (unpaired) electrons. The van der Waals surface area contributed by atoms with Gasteiger partial charge in [0.15, 0.2) is 0 Å². The van der Waals surface area contributed by atoms with Crippen LogP contribution in [0, 0.1) is 6.92 Å². The van der Waals surface area contributed by atoms with Crippen LogP contribution in [0.25, 0.3) is 11.3 Å². The molecular weight excluding hydrogens is 350 g/mol. The number of carbonyl (C=O) groups is 2. The van der Waals surface area contributed by atoms with Gasteiger partial charge in [-0.15, -0.1) is 11.3 Å². The normalized spacial score (nSPS) is 10.6. The van der Waals surface area contributed by atoms with Gasteiger partial charge in [-0.2, -0.15) is 0 Å². The van der Waals surface area contributed by atoms with Crippen LogP contribution in [0.1, 0.15) is 26.5 Å². The van der Waals surface area contributed by atoms with Crippen LogP contribution in [0.2, 0.25) is 5.02 Å². The highest BCUT2D eigenvalue weighted by Crippen LogP contribution is 2.32. The Morgan fingerprint density at radius 3 is 2.75 bits per heavy atom. The molecule has 6 nitrogen and oxygen atoms in total. The van der Waals surface area contributed by atoms with Crippen LogP contribution >= 0.6 is 22.9 Å². The first-order valence-corrected chi connectivity index (χ1v) is 8.14. The van der Waals surface area contributed by atoms with Crippen molar-refractivity contribution in [1.29, 1.82) is 0 Å². The van der Waals surface area contributed by atoms with Crippen LogP contribution in [0.3, 0.4) is 0 Å². The van der Waals surface area contributed by atoms with Crippen LogP contribution in [0.5, 0.6) is 0 Å². The summed E-state index contributed by atoms with van der Waals surface area (Å²) in [5, 5.41) is 9.12. The number of amides is 2. The van der Waals surface area contributed by atoms with E-state index in [0.717, 1.165) is 0 Å². The Morgan fingerprint density at radius 2 is 2.04 bits per heavy atom.